The highest BCUT2D eigenvalue weighted by Crippen LogP contribution is 2.32. The Balaban J connectivity index is 1.45. The van der Waals surface area contributed by atoms with E-state index in [2.05, 4.69) is 5.32 Å². The number of carbonyl (C=O) groups is 3. The van der Waals surface area contributed by atoms with Gasteiger partial charge in [0, 0.05) is 26.7 Å². The summed E-state index contributed by atoms with van der Waals surface area (Å²) < 4.78 is 13.5. The summed E-state index contributed by atoms with van der Waals surface area (Å²) in [6, 6.07) is 6.30. The minimum absolute atomic E-state index is 0.208. The molecule has 0 spiro atoms. The summed E-state index contributed by atoms with van der Waals surface area (Å²) in [6.07, 6.45) is 1.16. The Labute approximate surface area is 139 Å². The Morgan fingerprint density at radius 3 is 2.46 bits per heavy atom. The largest absolute Gasteiger partial charge is 0.338 e. The fraction of sp³-hybridized carbons (Fsp3) is 0.471. The number of fused-ring (bicyclic) bond motifs is 1. The first kappa shape index (κ1) is 16.4. The van der Waals surface area contributed by atoms with Crippen molar-refractivity contribution in [1.82, 2.24) is 15.1 Å². The lowest BCUT2D eigenvalue weighted by atomic mass is 10.00. The number of imide groups is 1. The second kappa shape index (κ2) is 6.59. The predicted molar refractivity (Wildman–Crippen MR) is 84.4 cm³/mol. The average Bonchev–Trinajstić information content (AvgIpc) is 3.10. The van der Waals surface area contributed by atoms with Crippen molar-refractivity contribution >= 4 is 17.8 Å². The number of halogens is 1. The molecule has 7 heteroatoms. The molecule has 1 aromatic carbocycles. The molecule has 2 aliphatic rings. The van der Waals surface area contributed by atoms with Gasteiger partial charge in [-0.3, -0.25) is 14.5 Å². The summed E-state index contributed by atoms with van der Waals surface area (Å²) in [5.74, 6) is -1.48. The molecular formula is C17H20FN3O3. The molecule has 4 amide bonds. The van der Waals surface area contributed by atoms with Crippen molar-refractivity contribution in [2.75, 3.05) is 26.7 Å². The molecule has 6 nitrogen and oxygen atoms in total. The number of nitrogens with zero attached hydrogens (tertiary/aromatic N) is 2. The predicted octanol–water partition coefficient (Wildman–Crippen LogP) is 1.01. The van der Waals surface area contributed by atoms with Gasteiger partial charge in [-0.2, -0.15) is 0 Å². The van der Waals surface area contributed by atoms with Crippen molar-refractivity contribution in [2.24, 2.45) is 11.8 Å². The molecule has 24 heavy (non-hydrogen) atoms. The van der Waals surface area contributed by atoms with Crippen molar-refractivity contribution in [3.05, 3.63) is 35.6 Å². The third-order valence-corrected chi connectivity index (χ3v) is 4.76. The van der Waals surface area contributed by atoms with Crippen LogP contribution >= 0.6 is 0 Å². The second-order valence-electron chi connectivity index (χ2n) is 6.28. The number of urea groups is 1. The van der Waals surface area contributed by atoms with Crippen LogP contribution in [-0.2, 0) is 16.0 Å². The average molecular weight is 333 g/mol. The van der Waals surface area contributed by atoms with Crippen LogP contribution < -0.4 is 5.32 Å². The van der Waals surface area contributed by atoms with E-state index in [4.69, 9.17) is 0 Å². The SMILES string of the molecule is CN1C(=O)[C@H]2CN(C(=O)NCCCc3ccccc3F)C[C@H]2C1=O. The van der Waals surface area contributed by atoms with Gasteiger partial charge < -0.3 is 10.2 Å². The molecule has 0 aromatic heterocycles. The first-order valence-corrected chi connectivity index (χ1v) is 8.06. The highest BCUT2D eigenvalue weighted by molar-refractivity contribution is 6.05. The van der Waals surface area contributed by atoms with Crippen LogP contribution in [0.2, 0.25) is 0 Å². The fourth-order valence-electron chi connectivity index (χ4n) is 3.36. The van der Waals surface area contributed by atoms with Crippen molar-refractivity contribution in [3.63, 3.8) is 0 Å². The molecule has 0 unspecified atom stereocenters. The van der Waals surface area contributed by atoms with Crippen molar-refractivity contribution < 1.29 is 18.8 Å². The van der Waals surface area contributed by atoms with E-state index in [-0.39, 0.29) is 36.8 Å². The van der Waals surface area contributed by atoms with E-state index in [9.17, 15) is 18.8 Å². The van der Waals surface area contributed by atoms with Gasteiger partial charge in [0.15, 0.2) is 0 Å². The Morgan fingerprint density at radius 2 is 1.83 bits per heavy atom. The van der Waals surface area contributed by atoms with Crippen LogP contribution in [0.3, 0.4) is 0 Å². The van der Waals surface area contributed by atoms with Gasteiger partial charge in [0.05, 0.1) is 11.8 Å². The minimum atomic E-state index is -0.410. The molecule has 0 bridgehead atoms. The molecule has 128 valence electrons. The number of hydrogen-bond acceptors (Lipinski definition) is 3. The molecule has 0 radical (unpaired) electrons. The molecule has 0 saturated carbocycles. The van der Waals surface area contributed by atoms with Crippen LogP contribution in [0.1, 0.15) is 12.0 Å². The maximum atomic E-state index is 13.5. The number of rotatable bonds is 4. The summed E-state index contributed by atoms with van der Waals surface area (Å²) in [6.45, 7) is 0.970. The van der Waals surface area contributed by atoms with Crippen LogP contribution in [0.5, 0.6) is 0 Å². The Morgan fingerprint density at radius 1 is 1.21 bits per heavy atom. The molecule has 3 rings (SSSR count). The van der Waals surface area contributed by atoms with Crippen LogP contribution in [0.15, 0.2) is 24.3 Å². The third kappa shape index (κ3) is 2.98. The van der Waals surface area contributed by atoms with Gasteiger partial charge in [-0.15, -0.1) is 0 Å². The summed E-state index contributed by atoms with van der Waals surface area (Å²) >= 11 is 0. The number of likely N-dealkylation sites (tertiary alicyclic amines) is 2. The van der Waals surface area contributed by atoms with E-state index in [1.807, 2.05) is 0 Å². The zero-order valence-electron chi connectivity index (χ0n) is 13.5. The van der Waals surface area contributed by atoms with E-state index in [1.165, 1.54) is 18.0 Å². The highest BCUT2D eigenvalue weighted by Gasteiger charge is 2.51. The third-order valence-electron chi connectivity index (χ3n) is 4.76. The Hall–Kier alpha value is -2.44. The van der Waals surface area contributed by atoms with Crippen LogP contribution in [0.25, 0.3) is 0 Å². The summed E-state index contributed by atoms with van der Waals surface area (Å²) in [5.41, 5.74) is 0.627. The van der Waals surface area contributed by atoms with Crippen molar-refractivity contribution in [2.45, 2.75) is 12.8 Å². The van der Waals surface area contributed by atoms with E-state index < -0.39 is 11.8 Å². The lowest BCUT2D eigenvalue weighted by Crippen LogP contribution is -2.42. The quantitative estimate of drug-likeness (QED) is 0.660. The number of hydrogen-bond donors (Lipinski definition) is 1. The Bertz CT molecular complexity index is 655. The molecule has 2 atom stereocenters. The van der Waals surface area contributed by atoms with Crippen LogP contribution in [0.4, 0.5) is 9.18 Å². The standard InChI is InChI=1S/C17H20FN3O3/c1-20-15(22)12-9-21(10-13(12)16(20)23)17(24)19-8-4-6-11-5-2-3-7-14(11)18/h2-3,5,7,12-13H,4,6,8-10H2,1H3,(H,19,24)/t12-,13+. The number of nitrogens with one attached hydrogen (secondary N) is 1. The van der Waals surface area contributed by atoms with Crippen LogP contribution in [0, 0.1) is 17.7 Å². The molecule has 2 heterocycles. The summed E-state index contributed by atoms with van der Waals surface area (Å²) in [7, 11) is 1.48. The molecule has 1 aromatic rings. The molecule has 2 fully saturated rings. The molecule has 0 aliphatic carbocycles. The number of benzene rings is 1. The van der Waals surface area contributed by atoms with Gasteiger partial charge in [0.2, 0.25) is 11.8 Å². The molecular weight excluding hydrogens is 313 g/mol. The topological polar surface area (TPSA) is 69.7 Å². The molecule has 2 aliphatic heterocycles. The van der Waals surface area contributed by atoms with Crippen molar-refractivity contribution in [3.8, 4) is 0 Å². The van der Waals surface area contributed by atoms with Gasteiger partial charge in [0.1, 0.15) is 5.82 Å². The molecule has 1 N–H and O–H groups in total. The lowest BCUT2D eigenvalue weighted by Gasteiger charge is -2.19. The van der Waals surface area contributed by atoms with E-state index in [1.54, 1.807) is 18.2 Å². The summed E-state index contributed by atoms with van der Waals surface area (Å²) in [4.78, 5) is 38.7. The normalized spacial score (nSPS) is 22.9. The number of carbonyl (C=O) groups excluding carboxylic acids is 3. The first-order chi connectivity index (χ1) is 11.5. The number of amides is 4. The first-order valence-electron chi connectivity index (χ1n) is 8.06. The minimum Gasteiger partial charge on any atom is -0.338 e. The second-order valence-corrected chi connectivity index (χ2v) is 6.28. The monoisotopic (exact) mass is 333 g/mol. The smallest absolute Gasteiger partial charge is 0.317 e. The van der Waals surface area contributed by atoms with Crippen LogP contribution in [-0.4, -0.2) is 54.3 Å². The maximum Gasteiger partial charge on any atom is 0.317 e. The van der Waals surface area contributed by atoms with Crippen molar-refractivity contribution in [1.29, 1.82) is 0 Å². The van der Waals surface area contributed by atoms with Gasteiger partial charge in [-0.25, -0.2) is 9.18 Å². The van der Waals surface area contributed by atoms with Gasteiger partial charge >= 0.3 is 6.03 Å². The Kier molecular flexibility index (Phi) is 4.51. The zero-order chi connectivity index (χ0) is 17.3. The van der Waals surface area contributed by atoms with E-state index >= 15 is 0 Å². The van der Waals surface area contributed by atoms with E-state index in [0.29, 0.717) is 24.9 Å². The van der Waals surface area contributed by atoms with E-state index in [0.717, 1.165) is 4.90 Å². The lowest BCUT2D eigenvalue weighted by molar-refractivity contribution is -0.138. The zero-order valence-corrected chi connectivity index (χ0v) is 13.5. The van der Waals surface area contributed by atoms with Gasteiger partial charge in [-0.05, 0) is 24.5 Å². The number of aryl methyl sites for hydroxylation is 1. The van der Waals surface area contributed by atoms with Gasteiger partial charge in [0.25, 0.3) is 0 Å². The van der Waals surface area contributed by atoms with Gasteiger partial charge in [-0.1, -0.05) is 18.2 Å². The maximum absolute atomic E-state index is 13.5. The summed E-state index contributed by atoms with van der Waals surface area (Å²) in [5, 5.41) is 2.77. The molecule has 2 saturated heterocycles. The highest BCUT2D eigenvalue weighted by atomic mass is 19.1. The fourth-order valence-corrected chi connectivity index (χ4v) is 3.36.